The van der Waals surface area contributed by atoms with E-state index in [-0.39, 0.29) is 11.5 Å². The third-order valence-electron chi connectivity index (χ3n) is 3.52. The Hall–Kier alpha value is -2.32. The number of hydrogen-bond donors (Lipinski definition) is 2. The molecular formula is C16H20N4O. The van der Waals surface area contributed by atoms with Crippen molar-refractivity contribution in [2.75, 3.05) is 31.5 Å². The summed E-state index contributed by atoms with van der Waals surface area (Å²) >= 11 is 0. The maximum absolute atomic E-state index is 12.3. The van der Waals surface area contributed by atoms with Crippen molar-refractivity contribution in [3.05, 3.63) is 41.1 Å². The van der Waals surface area contributed by atoms with Gasteiger partial charge >= 0.3 is 0 Å². The predicted octanol–water partition coefficient (Wildman–Crippen LogP) is 1.55. The van der Waals surface area contributed by atoms with E-state index in [9.17, 15) is 10.1 Å². The molecule has 5 heteroatoms. The molecule has 1 aliphatic rings. The number of nitriles is 1. The summed E-state index contributed by atoms with van der Waals surface area (Å²) in [6.07, 6.45) is 1.51. The lowest BCUT2D eigenvalue weighted by molar-refractivity contribution is -0.127. The van der Waals surface area contributed by atoms with Crippen LogP contribution in [0.2, 0.25) is 0 Å². The zero-order chi connectivity index (χ0) is 15.2. The van der Waals surface area contributed by atoms with Crippen molar-refractivity contribution in [3.8, 4) is 6.07 Å². The second-order valence-electron chi connectivity index (χ2n) is 5.17. The van der Waals surface area contributed by atoms with Crippen LogP contribution in [0.1, 0.15) is 11.1 Å². The quantitative estimate of drug-likeness (QED) is 0.653. The molecule has 110 valence electrons. The number of carbonyl (C=O) groups is 1. The highest BCUT2D eigenvalue weighted by atomic mass is 16.2. The van der Waals surface area contributed by atoms with Crippen LogP contribution in [0.15, 0.2) is 30.0 Å². The Morgan fingerprint density at radius 1 is 1.38 bits per heavy atom. The van der Waals surface area contributed by atoms with Crippen molar-refractivity contribution in [3.63, 3.8) is 0 Å². The summed E-state index contributed by atoms with van der Waals surface area (Å²) in [6, 6.07) is 8.03. The van der Waals surface area contributed by atoms with Crippen molar-refractivity contribution in [1.82, 2.24) is 10.2 Å². The van der Waals surface area contributed by atoms with Crippen LogP contribution >= 0.6 is 0 Å². The van der Waals surface area contributed by atoms with E-state index in [1.165, 1.54) is 6.20 Å². The van der Waals surface area contributed by atoms with Gasteiger partial charge in [-0.05, 0) is 31.0 Å². The van der Waals surface area contributed by atoms with E-state index in [2.05, 4.69) is 10.6 Å². The van der Waals surface area contributed by atoms with Crippen LogP contribution in [0.5, 0.6) is 0 Å². The molecule has 0 bridgehead atoms. The zero-order valence-electron chi connectivity index (χ0n) is 12.4. The SMILES string of the molecule is Cc1ccc(C)c(N/C=C(/C#N)C(=O)N2CCNCC2)c1. The van der Waals surface area contributed by atoms with Gasteiger partial charge in [-0.15, -0.1) is 0 Å². The first-order valence-corrected chi connectivity index (χ1v) is 7.06. The minimum Gasteiger partial charge on any atom is -0.360 e. The largest absolute Gasteiger partial charge is 0.360 e. The van der Waals surface area contributed by atoms with E-state index in [1.54, 1.807) is 4.90 Å². The molecule has 0 unspecified atom stereocenters. The number of anilines is 1. The Labute approximate surface area is 125 Å². The number of carbonyl (C=O) groups excluding carboxylic acids is 1. The Kier molecular flexibility index (Phi) is 4.96. The maximum Gasteiger partial charge on any atom is 0.266 e. The molecule has 0 spiro atoms. The van der Waals surface area contributed by atoms with Gasteiger partial charge in [0.2, 0.25) is 0 Å². The number of aryl methyl sites for hydroxylation is 2. The standard InChI is InChI=1S/C16H20N4O/c1-12-3-4-13(2)15(9-12)19-11-14(10-17)16(21)20-7-5-18-6-8-20/h3-4,9,11,18-19H,5-8H2,1-2H3/b14-11-. The van der Waals surface area contributed by atoms with Gasteiger partial charge in [-0.2, -0.15) is 5.26 Å². The van der Waals surface area contributed by atoms with E-state index >= 15 is 0 Å². The Balaban J connectivity index is 2.11. The number of hydrogen-bond acceptors (Lipinski definition) is 4. The van der Waals surface area contributed by atoms with Gasteiger partial charge in [0.1, 0.15) is 11.6 Å². The van der Waals surface area contributed by atoms with E-state index in [0.29, 0.717) is 13.1 Å². The fourth-order valence-electron chi connectivity index (χ4n) is 2.22. The van der Waals surface area contributed by atoms with Crippen LogP contribution in [0.4, 0.5) is 5.69 Å². The monoisotopic (exact) mass is 284 g/mol. The average molecular weight is 284 g/mol. The number of nitrogens with zero attached hydrogens (tertiary/aromatic N) is 2. The lowest BCUT2D eigenvalue weighted by Crippen LogP contribution is -2.46. The first-order chi connectivity index (χ1) is 10.1. The molecule has 0 saturated carbocycles. The molecule has 1 aromatic rings. The van der Waals surface area contributed by atoms with Gasteiger partial charge < -0.3 is 15.5 Å². The van der Waals surface area contributed by atoms with Gasteiger partial charge in [0.15, 0.2) is 0 Å². The first kappa shape index (κ1) is 15.1. The molecule has 1 aromatic carbocycles. The smallest absolute Gasteiger partial charge is 0.266 e. The van der Waals surface area contributed by atoms with Crippen LogP contribution in [-0.2, 0) is 4.79 Å². The highest BCUT2D eigenvalue weighted by Crippen LogP contribution is 2.17. The van der Waals surface area contributed by atoms with Crippen LogP contribution < -0.4 is 10.6 Å². The number of nitrogens with one attached hydrogen (secondary N) is 2. The van der Waals surface area contributed by atoms with Gasteiger partial charge in [-0.3, -0.25) is 4.79 Å². The summed E-state index contributed by atoms with van der Waals surface area (Å²) in [5, 5.41) is 15.5. The maximum atomic E-state index is 12.3. The second kappa shape index (κ2) is 6.91. The third-order valence-corrected chi connectivity index (χ3v) is 3.52. The summed E-state index contributed by atoms with van der Waals surface area (Å²) in [7, 11) is 0. The first-order valence-electron chi connectivity index (χ1n) is 7.06. The van der Waals surface area contributed by atoms with Gasteiger partial charge in [0, 0.05) is 38.1 Å². The van der Waals surface area contributed by atoms with Crippen LogP contribution in [-0.4, -0.2) is 37.0 Å². The lowest BCUT2D eigenvalue weighted by atomic mass is 10.1. The van der Waals surface area contributed by atoms with Crippen molar-refractivity contribution < 1.29 is 4.79 Å². The molecule has 0 radical (unpaired) electrons. The minimum absolute atomic E-state index is 0.137. The predicted molar refractivity (Wildman–Crippen MR) is 82.7 cm³/mol. The van der Waals surface area contributed by atoms with E-state index in [4.69, 9.17) is 0 Å². The molecular weight excluding hydrogens is 264 g/mol. The molecule has 0 aliphatic carbocycles. The van der Waals surface area contributed by atoms with E-state index in [0.717, 1.165) is 29.9 Å². The lowest BCUT2D eigenvalue weighted by Gasteiger charge is -2.27. The molecule has 1 amide bonds. The highest BCUT2D eigenvalue weighted by molar-refractivity contribution is 5.97. The molecule has 2 N–H and O–H groups in total. The summed E-state index contributed by atoms with van der Waals surface area (Å²) in [5.41, 5.74) is 3.25. The van der Waals surface area contributed by atoms with Crippen molar-refractivity contribution in [1.29, 1.82) is 5.26 Å². The molecule has 21 heavy (non-hydrogen) atoms. The number of piperazine rings is 1. The summed E-state index contributed by atoms with van der Waals surface area (Å²) < 4.78 is 0. The van der Waals surface area contributed by atoms with E-state index < -0.39 is 0 Å². The van der Waals surface area contributed by atoms with Gasteiger partial charge in [0.25, 0.3) is 5.91 Å². The van der Waals surface area contributed by atoms with Gasteiger partial charge in [-0.1, -0.05) is 12.1 Å². The van der Waals surface area contributed by atoms with Crippen molar-refractivity contribution in [2.24, 2.45) is 0 Å². The normalized spacial score (nSPS) is 15.5. The van der Waals surface area contributed by atoms with Gasteiger partial charge in [0.05, 0.1) is 0 Å². The Morgan fingerprint density at radius 3 is 2.76 bits per heavy atom. The minimum atomic E-state index is -0.211. The molecule has 1 heterocycles. The van der Waals surface area contributed by atoms with E-state index in [1.807, 2.05) is 38.1 Å². The topological polar surface area (TPSA) is 68.2 Å². The fraction of sp³-hybridized carbons (Fsp3) is 0.375. The van der Waals surface area contributed by atoms with Crippen LogP contribution in [0, 0.1) is 25.2 Å². The molecule has 1 fully saturated rings. The zero-order valence-corrected chi connectivity index (χ0v) is 12.4. The highest BCUT2D eigenvalue weighted by Gasteiger charge is 2.19. The van der Waals surface area contributed by atoms with Gasteiger partial charge in [-0.25, -0.2) is 0 Å². The average Bonchev–Trinajstić information content (AvgIpc) is 2.51. The van der Waals surface area contributed by atoms with Crippen LogP contribution in [0.3, 0.4) is 0 Å². The molecule has 2 rings (SSSR count). The Morgan fingerprint density at radius 2 is 2.10 bits per heavy atom. The third kappa shape index (κ3) is 3.83. The molecule has 0 atom stereocenters. The number of rotatable bonds is 3. The van der Waals surface area contributed by atoms with Crippen molar-refractivity contribution >= 4 is 11.6 Å². The molecule has 1 aliphatic heterocycles. The summed E-state index contributed by atoms with van der Waals surface area (Å²) in [6.45, 7) is 6.82. The molecule has 1 saturated heterocycles. The number of benzene rings is 1. The molecule has 5 nitrogen and oxygen atoms in total. The number of amides is 1. The Bertz CT molecular complexity index is 595. The van der Waals surface area contributed by atoms with Crippen molar-refractivity contribution in [2.45, 2.75) is 13.8 Å². The van der Waals surface area contributed by atoms with Crippen LogP contribution in [0.25, 0.3) is 0 Å². The second-order valence-corrected chi connectivity index (χ2v) is 5.17. The fourth-order valence-corrected chi connectivity index (χ4v) is 2.22. The summed E-state index contributed by atoms with van der Waals surface area (Å²) in [4.78, 5) is 14.0. The molecule has 0 aromatic heterocycles. The summed E-state index contributed by atoms with van der Waals surface area (Å²) in [5.74, 6) is -0.211.